The van der Waals surface area contributed by atoms with Gasteiger partial charge in [-0.1, -0.05) is 12.1 Å². The Morgan fingerprint density at radius 3 is 2.41 bits per heavy atom. The van der Waals surface area contributed by atoms with Crippen molar-refractivity contribution in [3.8, 4) is 17.0 Å². The van der Waals surface area contributed by atoms with Gasteiger partial charge in [0.25, 0.3) is 0 Å². The van der Waals surface area contributed by atoms with Crippen molar-refractivity contribution in [2.75, 3.05) is 49.6 Å². The van der Waals surface area contributed by atoms with Gasteiger partial charge in [-0.2, -0.15) is 0 Å². The van der Waals surface area contributed by atoms with Gasteiger partial charge in [0.1, 0.15) is 5.75 Å². The molecule has 8 heteroatoms. The SMILES string of the molecule is CCn1c(-c2ccc(N(C)S(=O)(=O)CCN3CCCC3)cc2)c(N)c2ccc(OC)cc21. The number of hydrogen-bond acceptors (Lipinski definition) is 5. The van der Waals surface area contributed by atoms with E-state index in [-0.39, 0.29) is 5.75 Å². The summed E-state index contributed by atoms with van der Waals surface area (Å²) in [5.41, 5.74) is 10.8. The van der Waals surface area contributed by atoms with Crippen LogP contribution in [0.15, 0.2) is 42.5 Å². The van der Waals surface area contributed by atoms with Crippen molar-refractivity contribution in [3.63, 3.8) is 0 Å². The van der Waals surface area contributed by atoms with Crippen LogP contribution in [0.25, 0.3) is 22.2 Å². The standard InChI is InChI=1S/C24H32N4O3S/c1-4-28-22-17-20(31-3)11-12-21(22)23(25)24(28)18-7-9-19(10-8-18)26(2)32(29,30)16-15-27-13-5-6-14-27/h7-12,17H,4-6,13-16,25H2,1-3H3. The van der Waals surface area contributed by atoms with Crippen LogP contribution in [0.3, 0.4) is 0 Å². The summed E-state index contributed by atoms with van der Waals surface area (Å²) in [4.78, 5) is 2.22. The molecule has 4 rings (SSSR count). The van der Waals surface area contributed by atoms with Gasteiger partial charge in [0.05, 0.1) is 35.4 Å². The number of nitrogens with zero attached hydrogens (tertiary/aromatic N) is 3. The minimum absolute atomic E-state index is 0.129. The number of benzene rings is 2. The monoisotopic (exact) mass is 456 g/mol. The number of likely N-dealkylation sites (tertiary alicyclic amines) is 1. The van der Waals surface area contributed by atoms with Gasteiger partial charge in [-0.05, 0) is 57.1 Å². The highest BCUT2D eigenvalue weighted by molar-refractivity contribution is 7.92. The predicted octanol–water partition coefficient (Wildman–Crippen LogP) is 3.78. The Morgan fingerprint density at radius 2 is 1.78 bits per heavy atom. The molecule has 172 valence electrons. The summed E-state index contributed by atoms with van der Waals surface area (Å²) in [6.45, 7) is 5.40. The average molecular weight is 457 g/mol. The Labute approximate surface area is 190 Å². The van der Waals surface area contributed by atoms with Crippen molar-refractivity contribution in [2.45, 2.75) is 26.3 Å². The number of hydrogen-bond donors (Lipinski definition) is 1. The molecule has 1 saturated heterocycles. The van der Waals surface area contributed by atoms with E-state index in [2.05, 4.69) is 16.4 Å². The zero-order valence-corrected chi connectivity index (χ0v) is 19.9. The summed E-state index contributed by atoms with van der Waals surface area (Å²) >= 11 is 0. The number of aromatic nitrogens is 1. The van der Waals surface area contributed by atoms with Gasteiger partial charge in [0.15, 0.2) is 0 Å². The zero-order valence-electron chi connectivity index (χ0n) is 19.0. The molecule has 2 aromatic carbocycles. The van der Waals surface area contributed by atoms with Crippen LogP contribution in [0, 0.1) is 0 Å². The third-order valence-corrected chi connectivity index (χ3v) is 8.16. The summed E-state index contributed by atoms with van der Waals surface area (Å²) in [5, 5.41) is 0.980. The van der Waals surface area contributed by atoms with Crippen molar-refractivity contribution >= 4 is 32.3 Å². The third kappa shape index (κ3) is 4.17. The van der Waals surface area contributed by atoms with Crippen LogP contribution in [0.4, 0.5) is 11.4 Å². The number of aryl methyl sites for hydroxylation is 1. The normalized spacial score (nSPS) is 14.8. The van der Waals surface area contributed by atoms with Crippen molar-refractivity contribution in [2.24, 2.45) is 0 Å². The first kappa shape index (κ1) is 22.5. The van der Waals surface area contributed by atoms with E-state index in [1.54, 1.807) is 14.2 Å². The molecule has 0 bridgehead atoms. The Bertz CT molecular complexity index is 1200. The fraction of sp³-hybridized carbons (Fsp3) is 0.417. The van der Waals surface area contributed by atoms with E-state index >= 15 is 0 Å². The van der Waals surface area contributed by atoms with Gasteiger partial charge in [-0.3, -0.25) is 4.31 Å². The number of rotatable bonds is 8. The van der Waals surface area contributed by atoms with Crippen LogP contribution in [0.1, 0.15) is 19.8 Å². The molecule has 0 aliphatic carbocycles. The number of fused-ring (bicyclic) bond motifs is 1. The molecular formula is C24H32N4O3S. The largest absolute Gasteiger partial charge is 0.497 e. The first-order valence-electron chi connectivity index (χ1n) is 11.1. The van der Waals surface area contributed by atoms with E-state index in [1.165, 1.54) is 4.31 Å². The molecule has 0 amide bonds. The lowest BCUT2D eigenvalue weighted by Gasteiger charge is -2.22. The number of nitrogen functional groups attached to an aromatic ring is 1. The maximum absolute atomic E-state index is 12.8. The maximum atomic E-state index is 12.8. The number of ether oxygens (including phenoxy) is 1. The molecular weight excluding hydrogens is 424 g/mol. The molecule has 0 atom stereocenters. The van der Waals surface area contributed by atoms with Gasteiger partial charge < -0.3 is 19.9 Å². The predicted molar refractivity (Wildman–Crippen MR) is 132 cm³/mol. The summed E-state index contributed by atoms with van der Waals surface area (Å²) in [7, 11) is -0.105. The lowest BCUT2D eigenvalue weighted by molar-refractivity contribution is 0.359. The first-order chi connectivity index (χ1) is 15.4. The molecule has 0 spiro atoms. The van der Waals surface area contributed by atoms with Crippen molar-refractivity contribution in [1.29, 1.82) is 0 Å². The maximum Gasteiger partial charge on any atom is 0.236 e. The van der Waals surface area contributed by atoms with Crippen LogP contribution >= 0.6 is 0 Å². The van der Waals surface area contributed by atoms with Crippen LogP contribution in [0.2, 0.25) is 0 Å². The molecule has 1 aliphatic heterocycles. The van der Waals surface area contributed by atoms with Gasteiger partial charge in [0.2, 0.25) is 10.0 Å². The molecule has 1 fully saturated rings. The lowest BCUT2D eigenvalue weighted by atomic mass is 10.1. The van der Waals surface area contributed by atoms with Gasteiger partial charge in [0, 0.05) is 37.2 Å². The fourth-order valence-corrected chi connectivity index (χ4v) is 5.71. The fourth-order valence-electron chi connectivity index (χ4n) is 4.50. The van der Waals surface area contributed by atoms with E-state index < -0.39 is 10.0 Å². The van der Waals surface area contributed by atoms with E-state index in [9.17, 15) is 8.42 Å². The highest BCUT2D eigenvalue weighted by atomic mass is 32.2. The van der Waals surface area contributed by atoms with E-state index in [0.29, 0.717) is 17.9 Å². The molecule has 0 saturated carbocycles. The Balaban J connectivity index is 1.61. The van der Waals surface area contributed by atoms with E-state index in [0.717, 1.165) is 60.4 Å². The molecule has 0 radical (unpaired) electrons. The van der Waals surface area contributed by atoms with E-state index in [1.807, 2.05) is 42.5 Å². The Hall–Kier alpha value is -2.71. The smallest absolute Gasteiger partial charge is 0.236 e. The Morgan fingerprint density at radius 1 is 1.09 bits per heavy atom. The summed E-state index contributed by atoms with van der Waals surface area (Å²) in [6, 6.07) is 13.5. The second-order valence-corrected chi connectivity index (χ2v) is 10.4. The molecule has 32 heavy (non-hydrogen) atoms. The number of methoxy groups -OCH3 is 1. The summed E-state index contributed by atoms with van der Waals surface area (Å²) < 4.78 is 34.6. The average Bonchev–Trinajstić information content (AvgIpc) is 3.43. The van der Waals surface area contributed by atoms with Crippen LogP contribution in [-0.2, 0) is 16.6 Å². The second-order valence-electron chi connectivity index (χ2n) is 8.27. The molecule has 7 nitrogen and oxygen atoms in total. The topological polar surface area (TPSA) is 80.8 Å². The minimum atomic E-state index is -3.38. The van der Waals surface area contributed by atoms with Gasteiger partial charge in [-0.25, -0.2) is 8.42 Å². The van der Waals surface area contributed by atoms with Crippen LogP contribution in [-0.4, -0.2) is 57.4 Å². The zero-order chi connectivity index (χ0) is 22.9. The van der Waals surface area contributed by atoms with Crippen molar-refractivity contribution in [1.82, 2.24) is 9.47 Å². The quantitative estimate of drug-likeness (QED) is 0.558. The van der Waals surface area contributed by atoms with Crippen molar-refractivity contribution < 1.29 is 13.2 Å². The molecule has 3 aromatic rings. The van der Waals surface area contributed by atoms with Gasteiger partial charge in [-0.15, -0.1) is 0 Å². The molecule has 1 aliphatic rings. The number of sulfonamides is 1. The van der Waals surface area contributed by atoms with E-state index in [4.69, 9.17) is 10.5 Å². The molecule has 2 heterocycles. The van der Waals surface area contributed by atoms with Crippen LogP contribution in [0.5, 0.6) is 5.75 Å². The minimum Gasteiger partial charge on any atom is -0.497 e. The number of nitrogens with two attached hydrogens (primary N) is 1. The highest BCUT2D eigenvalue weighted by Crippen LogP contribution is 2.38. The molecule has 1 aromatic heterocycles. The Kier molecular flexibility index (Phi) is 6.35. The lowest BCUT2D eigenvalue weighted by Crippen LogP contribution is -2.34. The summed E-state index contributed by atoms with van der Waals surface area (Å²) in [6.07, 6.45) is 2.31. The molecule has 0 unspecified atom stereocenters. The third-order valence-electron chi connectivity index (χ3n) is 6.41. The van der Waals surface area contributed by atoms with Crippen molar-refractivity contribution in [3.05, 3.63) is 42.5 Å². The van der Waals surface area contributed by atoms with Gasteiger partial charge >= 0.3 is 0 Å². The first-order valence-corrected chi connectivity index (χ1v) is 12.7. The molecule has 2 N–H and O–H groups in total. The highest BCUT2D eigenvalue weighted by Gasteiger charge is 2.22. The van der Waals surface area contributed by atoms with Crippen LogP contribution < -0.4 is 14.8 Å². The summed E-state index contributed by atoms with van der Waals surface area (Å²) in [5.74, 6) is 0.914. The second kappa shape index (κ2) is 9.03. The number of anilines is 2.